The standard InChI is InChI=1S/C18H27BrN4.HI/c1-20-18(22(2)12-14-3-5-16(19)6-4-14)21-11-15-9-10-23(13-15)17-7-8-17;/h3-6,15,17H,7-13H2,1-2H3,(H,20,21);1H. The van der Waals surface area contributed by atoms with Crippen molar-refractivity contribution >= 4 is 45.9 Å². The topological polar surface area (TPSA) is 30.9 Å². The van der Waals surface area contributed by atoms with Crippen molar-refractivity contribution in [3.63, 3.8) is 0 Å². The summed E-state index contributed by atoms with van der Waals surface area (Å²) in [6, 6.07) is 9.38. The van der Waals surface area contributed by atoms with E-state index < -0.39 is 0 Å². The number of rotatable bonds is 5. The van der Waals surface area contributed by atoms with Crippen molar-refractivity contribution < 1.29 is 0 Å². The van der Waals surface area contributed by atoms with Gasteiger partial charge < -0.3 is 15.1 Å². The lowest BCUT2D eigenvalue weighted by atomic mass is 10.1. The molecule has 24 heavy (non-hydrogen) atoms. The molecule has 1 aliphatic heterocycles. The summed E-state index contributed by atoms with van der Waals surface area (Å²) in [6.45, 7) is 4.43. The molecule has 6 heteroatoms. The third-order valence-corrected chi connectivity index (χ3v) is 5.36. The zero-order chi connectivity index (χ0) is 16.2. The van der Waals surface area contributed by atoms with Gasteiger partial charge in [-0.15, -0.1) is 24.0 Å². The van der Waals surface area contributed by atoms with Crippen LogP contribution in [0.4, 0.5) is 0 Å². The van der Waals surface area contributed by atoms with E-state index in [4.69, 9.17) is 0 Å². The smallest absolute Gasteiger partial charge is 0.193 e. The van der Waals surface area contributed by atoms with Gasteiger partial charge in [0.05, 0.1) is 0 Å². The van der Waals surface area contributed by atoms with E-state index >= 15 is 0 Å². The first-order valence-corrected chi connectivity index (χ1v) is 9.35. The predicted molar refractivity (Wildman–Crippen MR) is 115 cm³/mol. The van der Waals surface area contributed by atoms with Crippen LogP contribution in [0.3, 0.4) is 0 Å². The average Bonchev–Trinajstić information content (AvgIpc) is 3.29. The molecule has 0 radical (unpaired) electrons. The summed E-state index contributed by atoms with van der Waals surface area (Å²) in [4.78, 5) is 9.30. The lowest BCUT2D eigenvalue weighted by Crippen LogP contribution is -2.41. The Hall–Kier alpha value is -0.340. The third-order valence-electron chi connectivity index (χ3n) is 4.84. The van der Waals surface area contributed by atoms with Crippen molar-refractivity contribution in [1.82, 2.24) is 15.1 Å². The number of hydrogen-bond donors (Lipinski definition) is 1. The molecule has 3 rings (SSSR count). The lowest BCUT2D eigenvalue weighted by molar-refractivity contribution is 0.313. The largest absolute Gasteiger partial charge is 0.356 e. The van der Waals surface area contributed by atoms with Crippen LogP contribution in [0.2, 0.25) is 0 Å². The molecule has 0 spiro atoms. The first-order valence-electron chi connectivity index (χ1n) is 8.56. The van der Waals surface area contributed by atoms with E-state index in [-0.39, 0.29) is 24.0 Å². The van der Waals surface area contributed by atoms with Crippen molar-refractivity contribution in [3.8, 4) is 0 Å². The molecule has 1 unspecified atom stereocenters. The fourth-order valence-corrected chi connectivity index (χ4v) is 3.62. The van der Waals surface area contributed by atoms with E-state index in [1.54, 1.807) is 0 Å². The van der Waals surface area contributed by atoms with Gasteiger partial charge in [-0.3, -0.25) is 4.99 Å². The number of likely N-dealkylation sites (tertiary alicyclic amines) is 1. The van der Waals surface area contributed by atoms with Gasteiger partial charge >= 0.3 is 0 Å². The Labute approximate surface area is 171 Å². The third kappa shape index (κ3) is 5.59. The van der Waals surface area contributed by atoms with E-state index in [2.05, 4.69) is 67.4 Å². The number of halogens is 2. The monoisotopic (exact) mass is 506 g/mol. The molecular weight excluding hydrogens is 479 g/mol. The Morgan fingerprint density at radius 2 is 2.00 bits per heavy atom. The maximum absolute atomic E-state index is 4.44. The van der Waals surface area contributed by atoms with Crippen LogP contribution in [0.5, 0.6) is 0 Å². The molecule has 0 amide bonds. The summed E-state index contributed by atoms with van der Waals surface area (Å²) in [6.07, 6.45) is 4.15. The first-order chi connectivity index (χ1) is 11.2. The second kappa shape index (κ2) is 9.38. The van der Waals surface area contributed by atoms with Crippen LogP contribution >= 0.6 is 39.9 Å². The van der Waals surface area contributed by atoms with E-state index in [1.165, 1.54) is 37.9 Å². The molecule has 1 atom stereocenters. The molecule has 2 fully saturated rings. The highest BCUT2D eigenvalue weighted by atomic mass is 127. The molecular formula is C18H28BrIN4. The van der Waals surface area contributed by atoms with Gasteiger partial charge in [0.1, 0.15) is 0 Å². The normalized spacial score (nSPS) is 21.5. The summed E-state index contributed by atoms with van der Waals surface area (Å²) in [5.41, 5.74) is 1.29. The maximum Gasteiger partial charge on any atom is 0.193 e. The van der Waals surface area contributed by atoms with Gasteiger partial charge in [-0.25, -0.2) is 0 Å². The van der Waals surface area contributed by atoms with Gasteiger partial charge in [-0.05, 0) is 49.4 Å². The summed E-state index contributed by atoms with van der Waals surface area (Å²) in [7, 11) is 3.97. The number of nitrogens with zero attached hydrogens (tertiary/aromatic N) is 3. The van der Waals surface area contributed by atoms with Crippen molar-refractivity contribution in [1.29, 1.82) is 0 Å². The van der Waals surface area contributed by atoms with Crippen LogP contribution in [0.15, 0.2) is 33.7 Å². The molecule has 4 nitrogen and oxygen atoms in total. The fourth-order valence-electron chi connectivity index (χ4n) is 3.36. The second-order valence-corrected chi connectivity index (χ2v) is 7.71. The zero-order valence-electron chi connectivity index (χ0n) is 14.5. The Morgan fingerprint density at radius 1 is 1.29 bits per heavy atom. The minimum Gasteiger partial charge on any atom is -0.356 e. The van der Waals surface area contributed by atoms with Gasteiger partial charge in [-0.2, -0.15) is 0 Å². The van der Waals surface area contributed by atoms with E-state index in [0.29, 0.717) is 0 Å². The Morgan fingerprint density at radius 3 is 2.62 bits per heavy atom. The van der Waals surface area contributed by atoms with Gasteiger partial charge in [0, 0.05) is 44.2 Å². The summed E-state index contributed by atoms with van der Waals surface area (Å²) in [5, 5.41) is 3.56. The molecule has 0 aromatic heterocycles. The van der Waals surface area contributed by atoms with Crippen LogP contribution in [0.1, 0.15) is 24.8 Å². The fraction of sp³-hybridized carbons (Fsp3) is 0.611. The number of aliphatic imine (C=N–C) groups is 1. The van der Waals surface area contributed by atoms with E-state index in [0.717, 1.165) is 35.5 Å². The van der Waals surface area contributed by atoms with Crippen LogP contribution in [0, 0.1) is 5.92 Å². The zero-order valence-corrected chi connectivity index (χ0v) is 18.5. The van der Waals surface area contributed by atoms with Gasteiger partial charge in [0.2, 0.25) is 0 Å². The number of hydrogen-bond acceptors (Lipinski definition) is 2. The SMILES string of the molecule is CN=C(NCC1CCN(C2CC2)C1)N(C)Cc1ccc(Br)cc1.I. The molecule has 1 N–H and O–H groups in total. The minimum atomic E-state index is 0. The maximum atomic E-state index is 4.44. The number of guanidine groups is 1. The molecule has 1 aromatic carbocycles. The van der Waals surface area contributed by atoms with Crippen molar-refractivity contribution in [2.45, 2.75) is 31.8 Å². The van der Waals surface area contributed by atoms with Crippen LogP contribution in [-0.2, 0) is 6.54 Å². The second-order valence-electron chi connectivity index (χ2n) is 6.79. The molecule has 2 aliphatic rings. The van der Waals surface area contributed by atoms with Gasteiger partial charge in [0.15, 0.2) is 5.96 Å². The minimum absolute atomic E-state index is 0. The molecule has 0 bridgehead atoms. The average molecular weight is 507 g/mol. The van der Waals surface area contributed by atoms with E-state index in [1.807, 2.05) is 7.05 Å². The molecule has 1 saturated carbocycles. The highest BCUT2D eigenvalue weighted by molar-refractivity contribution is 14.0. The lowest BCUT2D eigenvalue weighted by Gasteiger charge is -2.23. The van der Waals surface area contributed by atoms with Crippen molar-refractivity contribution in [2.75, 3.05) is 33.7 Å². The van der Waals surface area contributed by atoms with Crippen LogP contribution in [0.25, 0.3) is 0 Å². The molecule has 1 saturated heterocycles. The highest BCUT2D eigenvalue weighted by Crippen LogP contribution is 2.31. The van der Waals surface area contributed by atoms with Crippen molar-refractivity contribution in [3.05, 3.63) is 34.3 Å². The van der Waals surface area contributed by atoms with E-state index in [9.17, 15) is 0 Å². The molecule has 1 heterocycles. The summed E-state index contributed by atoms with van der Waals surface area (Å²) < 4.78 is 1.12. The van der Waals surface area contributed by atoms with Gasteiger partial charge in [-0.1, -0.05) is 28.1 Å². The molecule has 1 aliphatic carbocycles. The number of nitrogens with one attached hydrogen (secondary N) is 1. The Bertz CT molecular complexity index is 544. The Kier molecular flexibility index (Phi) is 7.81. The quantitative estimate of drug-likeness (QED) is 0.376. The van der Waals surface area contributed by atoms with Crippen LogP contribution < -0.4 is 5.32 Å². The summed E-state index contributed by atoms with van der Waals surface area (Å²) >= 11 is 3.48. The first kappa shape index (κ1) is 20.0. The van der Waals surface area contributed by atoms with Crippen molar-refractivity contribution in [2.24, 2.45) is 10.9 Å². The molecule has 134 valence electrons. The predicted octanol–water partition coefficient (Wildman–Crippen LogP) is 3.56. The Balaban J connectivity index is 0.00000208. The summed E-state index contributed by atoms with van der Waals surface area (Å²) in [5.74, 6) is 1.74. The van der Waals surface area contributed by atoms with Gasteiger partial charge in [0.25, 0.3) is 0 Å². The van der Waals surface area contributed by atoms with Crippen LogP contribution in [-0.4, -0.2) is 55.5 Å². The number of benzene rings is 1. The highest BCUT2D eigenvalue weighted by Gasteiger charge is 2.34. The molecule has 1 aromatic rings.